The Kier molecular flexibility index (Phi) is 8.49. The Labute approximate surface area is 232 Å². The number of carbonyl (C=O) groups excluding carboxylic acids is 2. The summed E-state index contributed by atoms with van der Waals surface area (Å²) in [7, 11) is 3.85. The zero-order valence-corrected chi connectivity index (χ0v) is 23.9. The Morgan fingerprint density at radius 3 is 2.61 bits per heavy atom. The van der Waals surface area contributed by atoms with Crippen molar-refractivity contribution in [2.75, 3.05) is 44.4 Å². The maximum absolute atomic E-state index is 14.4. The third-order valence-corrected chi connectivity index (χ3v) is 7.80. The summed E-state index contributed by atoms with van der Waals surface area (Å²) in [6.07, 6.45) is 0. The number of anilines is 1. The zero-order chi connectivity index (χ0) is 27.6. The number of halogens is 2. The van der Waals surface area contributed by atoms with Crippen LogP contribution in [0.3, 0.4) is 0 Å². The lowest BCUT2D eigenvalue weighted by Crippen LogP contribution is -2.43. The SMILES string of the molecule is CN(C)CCNC(=O)CN1C(=O)CS[C@H](c2ccccc2Cl)c2c(C(C)(C)C)nn(-c3cccc(F)c3)c21. The average molecular weight is 558 g/mol. The van der Waals surface area contributed by atoms with E-state index in [0.717, 1.165) is 16.8 Å². The van der Waals surface area contributed by atoms with Crippen LogP contribution in [0.15, 0.2) is 48.5 Å². The molecule has 1 aliphatic rings. The number of nitrogens with zero attached hydrogens (tertiary/aromatic N) is 4. The van der Waals surface area contributed by atoms with Crippen molar-refractivity contribution in [3.63, 3.8) is 0 Å². The summed E-state index contributed by atoms with van der Waals surface area (Å²) in [5.74, 6) is -0.331. The quantitative estimate of drug-likeness (QED) is 0.451. The number of rotatable bonds is 7. The molecule has 202 valence electrons. The number of amides is 2. The fraction of sp³-hybridized carbons (Fsp3) is 0.393. The highest BCUT2D eigenvalue weighted by molar-refractivity contribution is 8.00. The molecule has 4 rings (SSSR count). The van der Waals surface area contributed by atoms with Gasteiger partial charge in [-0.05, 0) is 43.9 Å². The average Bonchev–Trinajstić information content (AvgIpc) is 3.18. The molecule has 0 aliphatic carbocycles. The van der Waals surface area contributed by atoms with Crippen molar-refractivity contribution >= 4 is 41.0 Å². The summed E-state index contributed by atoms with van der Waals surface area (Å²) in [5.41, 5.74) is 2.45. The van der Waals surface area contributed by atoms with E-state index in [2.05, 4.69) is 5.32 Å². The molecule has 0 spiro atoms. The first-order valence-corrected chi connectivity index (χ1v) is 13.9. The van der Waals surface area contributed by atoms with Gasteiger partial charge in [0.25, 0.3) is 0 Å². The van der Waals surface area contributed by atoms with E-state index in [4.69, 9.17) is 16.7 Å². The van der Waals surface area contributed by atoms with Crippen LogP contribution in [0.5, 0.6) is 0 Å². The van der Waals surface area contributed by atoms with E-state index in [0.29, 0.717) is 29.6 Å². The number of hydrogen-bond donors (Lipinski definition) is 1. The predicted octanol–water partition coefficient (Wildman–Crippen LogP) is 4.81. The number of hydrogen-bond acceptors (Lipinski definition) is 5. The first-order chi connectivity index (χ1) is 18.0. The van der Waals surface area contributed by atoms with Crippen LogP contribution in [-0.4, -0.2) is 66.0 Å². The molecule has 1 aliphatic heterocycles. The van der Waals surface area contributed by atoms with E-state index < -0.39 is 11.2 Å². The third-order valence-electron chi connectivity index (χ3n) is 6.22. The molecule has 38 heavy (non-hydrogen) atoms. The van der Waals surface area contributed by atoms with Gasteiger partial charge in [-0.1, -0.05) is 56.6 Å². The largest absolute Gasteiger partial charge is 0.353 e. The van der Waals surface area contributed by atoms with Crippen molar-refractivity contribution in [1.29, 1.82) is 0 Å². The maximum Gasteiger partial charge on any atom is 0.240 e. The van der Waals surface area contributed by atoms with Crippen LogP contribution in [0.1, 0.15) is 42.8 Å². The van der Waals surface area contributed by atoms with Gasteiger partial charge in [0, 0.05) is 29.1 Å². The monoisotopic (exact) mass is 557 g/mol. The normalized spacial score (nSPS) is 15.9. The van der Waals surface area contributed by atoms with Gasteiger partial charge in [0.05, 0.1) is 22.4 Å². The van der Waals surface area contributed by atoms with E-state index in [9.17, 15) is 14.0 Å². The Balaban J connectivity index is 1.94. The van der Waals surface area contributed by atoms with Crippen LogP contribution >= 0.6 is 23.4 Å². The molecule has 2 aromatic carbocycles. The van der Waals surface area contributed by atoms with Crippen molar-refractivity contribution < 1.29 is 14.0 Å². The summed E-state index contributed by atoms with van der Waals surface area (Å²) in [4.78, 5) is 30.1. The smallest absolute Gasteiger partial charge is 0.240 e. The number of likely N-dealkylation sites (N-methyl/N-ethyl adjacent to an activating group) is 1. The molecule has 1 aromatic heterocycles. The van der Waals surface area contributed by atoms with Gasteiger partial charge in [0.1, 0.15) is 18.2 Å². The van der Waals surface area contributed by atoms with Gasteiger partial charge in [0.15, 0.2) is 0 Å². The van der Waals surface area contributed by atoms with Crippen molar-refractivity contribution in [3.8, 4) is 5.69 Å². The lowest BCUT2D eigenvalue weighted by atomic mass is 9.87. The van der Waals surface area contributed by atoms with Crippen molar-refractivity contribution in [1.82, 2.24) is 20.0 Å². The van der Waals surface area contributed by atoms with E-state index >= 15 is 0 Å². The fourth-order valence-corrected chi connectivity index (χ4v) is 5.96. The van der Waals surface area contributed by atoms with Crippen LogP contribution in [0.25, 0.3) is 5.69 Å². The predicted molar refractivity (Wildman–Crippen MR) is 152 cm³/mol. The first kappa shape index (κ1) is 28.1. The molecule has 7 nitrogen and oxygen atoms in total. The summed E-state index contributed by atoms with van der Waals surface area (Å²) in [5, 5.41) is 8.12. The van der Waals surface area contributed by atoms with E-state index in [1.807, 2.05) is 64.0 Å². The number of benzene rings is 2. The molecule has 0 bridgehead atoms. The first-order valence-electron chi connectivity index (χ1n) is 12.4. The van der Waals surface area contributed by atoms with Crippen molar-refractivity contribution in [3.05, 3.63) is 76.2 Å². The van der Waals surface area contributed by atoms with Gasteiger partial charge in [0.2, 0.25) is 11.8 Å². The third kappa shape index (κ3) is 6.06. The van der Waals surface area contributed by atoms with Crippen molar-refractivity contribution in [2.24, 2.45) is 0 Å². The molecule has 1 N–H and O–H groups in total. The van der Waals surface area contributed by atoms with E-state index in [1.54, 1.807) is 16.8 Å². The van der Waals surface area contributed by atoms with Gasteiger partial charge in [-0.15, -0.1) is 11.8 Å². The molecule has 0 fully saturated rings. The van der Waals surface area contributed by atoms with Gasteiger partial charge in [-0.25, -0.2) is 9.07 Å². The molecule has 3 aromatic rings. The lowest BCUT2D eigenvalue weighted by molar-refractivity contribution is -0.122. The van der Waals surface area contributed by atoms with Gasteiger partial charge >= 0.3 is 0 Å². The van der Waals surface area contributed by atoms with Crippen LogP contribution in [0.4, 0.5) is 10.2 Å². The van der Waals surface area contributed by atoms with E-state index in [-0.39, 0.29) is 29.4 Å². The summed E-state index contributed by atoms with van der Waals surface area (Å²) >= 11 is 8.13. The molecular weight excluding hydrogens is 525 g/mol. The molecule has 0 unspecified atom stereocenters. The molecular formula is C28H33ClFN5O2S. The Morgan fingerprint density at radius 2 is 1.95 bits per heavy atom. The molecule has 0 saturated carbocycles. The molecule has 2 heterocycles. The summed E-state index contributed by atoms with van der Waals surface area (Å²) in [6, 6.07) is 13.6. The highest BCUT2D eigenvalue weighted by Crippen LogP contribution is 2.49. The summed E-state index contributed by atoms with van der Waals surface area (Å²) in [6.45, 7) is 7.08. The fourth-order valence-electron chi connectivity index (χ4n) is 4.41. The van der Waals surface area contributed by atoms with Gasteiger partial charge in [-0.3, -0.25) is 14.5 Å². The molecule has 10 heteroatoms. The van der Waals surface area contributed by atoms with Crippen LogP contribution in [0, 0.1) is 5.82 Å². The van der Waals surface area contributed by atoms with Crippen molar-refractivity contribution in [2.45, 2.75) is 31.4 Å². The lowest BCUT2D eigenvalue weighted by Gasteiger charge is -2.25. The van der Waals surface area contributed by atoms with Crippen LogP contribution < -0.4 is 10.2 Å². The number of aromatic nitrogens is 2. The number of nitrogens with one attached hydrogen (secondary N) is 1. The standard InChI is InChI=1S/C28H33ClFN5O2S/c1-28(2,3)26-24-25(20-11-6-7-12-21(20)29)38-17-23(37)34(16-22(36)31-13-14-33(4)5)27(24)35(32-26)19-10-8-9-18(30)15-19/h6-12,15,25H,13-14,16-17H2,1-5H3,(H,31,36)/t25-/m1/s1. The highest BCUT2D eigenvalue weighted by atomic mass is 35.5. The second-order valence-electron chi connectivity index (χ2n) is 10.6. The second kappa shape index (κ2) is 11.5. The van der Waals surface area contributed by atoms with Gasteiger partial charge in [-0.2, -0.15) is 5.10 Å². The molecule has 1 atom stereocenters. The molecule has 0 radical (unpaired) electrons. The summed E-state index contributed by atoms with van der Waals surface area (Å²) < 4.78 is 16.0. The minimum Gasteiger partial charge on any atom is -0.353 e. The Morgan fingerprint density at radius 1 is 1.21 bits per heavy atom. The van der Waals surface area contributed by atoms with Gasteiger partial charge < -0.3 is 10.2 Å². The number of fused-ring (bicyclic) bond motifs is 1. The minimum atomic E-state index is -0.422. The Hall–Kier alpha value is -2.88. The number of carbonyl (C=O) groups is 2. The van der Waals surface area contributed by atoms with E-state index in [1.165, 1.54) is 28.8 Å². The molecule has 0 saturated heterocycles. The van der Waals surface area contributed by atoms with Crippen LogP contribution in [-0.2, 0) is 15.0 Å². The number of thioether (sulfide) groups is 1. The molecule has 2 amide bonds. The maximum atomic E-state index is 14.4. The Bertz CT molecular complexity index is 1340. The zero-order valence-electron chi connectivity index (χ0n) is 22.3. The topological polar surface area (TPSA) is 70.5 Å². The highest BCUT2D eigenvalue weighted by Gasteiger charge is 2.40. The van der Waals surface area contributed by atoms with Crippen LogP contribution in [0.2, 0.25) is 5.02 Å². The second-order valence-corrected chi connectivity index (χ2v) is 12.1. The minimum absolute atomic E-state index is 0.141.